The number of aromatic nitrogens is 2. The van der Waals surface area contributed by atoms with Crippen molar-refractivity contribution in [2.75, 3.05) is 12.3 Å². The first-order chi connectivity index (χ1) is 9.74. The third-order valence-electron chi connectivity index (χ3n) is 3.23. The average molecular weight is 325 g/mol. The van der Waals surface area contributed by atoms with E-state index in [2.05, 4.69) is 9.97 Å². The number of carbonyl (C=O) groups excluding carboxylic acids is 1. The number of thioether (sulfide) groups is 1. The molecule has 0 bridgehead atoms. The zero-order valence-electron chi connectivity index (χ0n) is 11.1. The summed E-state index contributed by atoms with van der Waals surface area (Å²) in [5.74, 6) is 0.662. The number of amides is 1. The fraction of sp³-hybridized carbons (Fsp3) is 0.462. The van der Waals surface area contributed by atoms with Crippen LogP contribution in [0.3, 0.4) is 0 Å². The highest BCUT2D eigenvalue weighted by molar-refractivity contribution is 8.01. The fourth-order valence-corrected chi connectivity index (χ4v) is 4.85. The lowest BCUT2D eigenvalue weighted by Crippen LogP contribution is -2.31. The molecule has 3 rings (SSSR count). The second-order valence-electron chi connectivity index (χ2n) is 4.66. The molecule has 3 heterocycles. The van der Waals surface area contributed by atoms with Gasteiger partial charge < -0.3 is 4.90 Å². The first kappa shape index (κ1) is 14.0. The molecule has 1 aliphatic heterocycles. The molecule has 106 valence electrons. The molecule has 0 spiro atoms. The maximum atomic E-state index is 12.4. The Hall–Kier alpha value is -0.920. The molecule has 4 nitrogen and oxygen atoms in total. The van der Waals surface area contributed by atoms with Gasteiger partial charge in [-0.1, -0.05) is 11.8 Å². The number of hydrogen-bond acceptors (Lipinski definition) is 6. The van der Waals surface area contributed by atoms with E-state index in [1.165, 1.54) is 11.8 Å². The molecular formula is C13H15N3OS3. The molecule has 0 radical (unpaired) electrons. The summed E-state index contributed by atoms with van der Waals surface area (Å²) < 4.78 is 0.973. The van der Waals surface area contributed by atoms with Gasteiger partial charge in [-0.05, 0) is 19.8 Å². The second-order valence-corrected chi connectivity index (χ2v) is 7.67. The normalized spacial score (nSPS) is 18.6. The van der Waals surface area contributed by atoms with Crippen molar-refractivity contribution in [1.29, 1.82) is 0 Å². The molecule has 0 aliphatic carbocycles. The van der Waals surface area contributed by atoms with E-state index in [0.29, 0.717) is 5.75 Å². The van der Waals surface area contributed by atoms with Gasteiger partial charge in [0.25, 0.3) is 0 Å². The summed E-state index contributed by atoms with van der Waals surface area (Å²) in [4.78, 5) is 23.1. The van der Waals surface area contributed by atoms with Gasteiger partial charge in [-0.3, -0.25) is 4.79 Å². The molecule has 1 atom stereocenters. The van der Waals surface area contributed by atoms with Gasteiger partial charge in [0.05, 0.1) is 11.8 Å². The Morgan fingerprint density at radius 1 is 1.55 bits per heavy atom. The molecule has 0 aromatic carbocycles. The average Bonchev–Trinajstić information content (AvgIpc) is 3.16. The summed E-state index contributed by atoms with van der Waals surface area (Å²) in [5, 5.41) is 5.05. The second kappa shape index (κ2) is 6.24. The topological polar surface area (TPSA) is 46.1 Å². The standard InChI is InChI=1S/C13H15N3OS3/c1-9-7-19-13(15-9)20-8-11(17)16-5-2-3-10(16)12-14-4-6-18-12/h4,6-7,10H,2-3,5,8H2,1H3/t10-/m0/s1. The van der Waals surface area contributed by atoms with Gasteiger partial charge in [-0.15, -0.1) is 22.7 Å². The molecule has 1 saturated heterocycles. The van der Waals surface area contributed by atoms with E-state index in [1.807, 2.05) is 28.8 Å². The van der Waals surface area contributed by atoms with Crippen LogP contribution in [0.1, 0.15) is 29.6 Å². The van der Waals surface area contributed by atoms with Gasteiger partial charge >= 0.3 is 0 Å². The minimum Gasteiger partial charge on any atom is -0.332 e. The Bertz CT molecular complexity index is 581. The lowest BCUT2D eigenvalue weighted by atomic mass is 10.2. The van der Waals surface area contributed by atoms with E-state index in [4.69, 9.17) is 0 Å². The lowest BCUT2D eigenvalue weighted by Gasteiger charge is -2.22. The van der Waals surface area contributed by atoms with Gasteiger partial charge in [0, 0.05) is 29.2 Å². The number of hydrogen-bond donors (Lipinski definition) is 0. The van der Waals surface area contributed by atoms with Crippen LogP contribution in [-0.2, 0) is 4.79 Å². The van der Waals surface area contributed by atoms with Crippen molar-refractivity contribution in [2.45, 2.75) is 30.1 Å². The van der Waals surface area contributed by atoms with Gasteiger partial charge in [-0.25, -0.2) is 9.97 Å². The van der Waals surface area contributed by atoms with Gasteiger partial charge in [-0.2, -0.15) is 0 Å². The number of thiazole rings is 2. The third kappa shape index (κ3) is 3.05. The Balaban J connectivity index is 1.61. The molecule has 1 fully saturated rings. The van der Waals surface area contributed by atoms with Crippen molar-refractivity contribution >= 4 is 40.3 Å². The van der Waals surface area contributed by atoms with Crippen molar-refractivity contribution in [3.8, 4) is 0 Å². The number of rotatable bonds is 4. The van der Waals surface area contributed by atoms with Gasteiger partial charge in [0.2, 0.25) is 5.91 Å². The number of aryl methyl sites for hydroxylation is 1. The minimum atomic E-state index is 0.182. The first-order valence-corrected chi connectivity index (χ1v) is 9.22. The van der Waals surface area contributed by atoms with E-state index >= 15 is 0 Å². The first-order valence-electron chi connectivity index (χ1n) is 6.48. The number of nitrogens with zero attached hydrogens (tertiary/aromatic N) is 3. The molecule has 20 heavy (non-hydrogen) atoms. The Kier molecular flexibility index (Phi) is 4.38. The highest BCUT2D eigenvalue weighted by Gasteiger charge is 2.31. The maximum absolute atomic E-state index is 12.4. The highest BCUT2D eigenvalue weighted by Crippen LogP contribution is 2.34. The predicted octanol–water partition coefficient (Wildman–Crippen LogP) is 3.36. The zero-order chi connectivity index (χ0) is 13.9. The molecule has 0 saturated carbocycles. The van der Waals surface area contributed by atoms with Crippen LogP contribution < -0.4 is 0 Å². The summed E-state index contributed by atoms with van der Waals surface area (Å²) in [7, 11) is 0. The monoisotopic (exact) mass is 325 g/mol. The molecule has 7 heteroatoms. The van der Waals surface area contributed by atoms with Crippen molar-refractivity contribution in [3.05, 3.63) is 27.7 Å². The van der Waals surface area contributed by atoms with Crippen molar-refractivity contribution in [2.24, 2.45) is 0 Å². The summed E-state index contributed by atoms with van der Waals surface area (Å²) in [6, 6.07) is 0.182. The Morgan fingerprint density at radius 2 is 2.45 bits per heavy atom. The van der Waals surface area contributed by atoms with Crippen LogP contribution in [0.25, 0.3) is 0 Å². The highest BCUT2D eigenvalue weighted by atomic mass is 32.2. The number of carbonyl (C=O) groups is 1. The Labute approximate surface area is 130 Å². The zero-order valence-corrected chi connectivity index (χ0v) is 13.6. The van der Waals surface area contributed by atoms with Crippen LogP contribution in [0.15, 0.2) is 21.3 Å². The number of likely N-dealkylation sites (tertiary alicyclic amines) is 1. The van der Waals surface area contributed by atoms with E-state index in [-0.39, 0.29) is 11.9 Å². The van der Waals surface area contributed by atoms with Crippen LogP contribution in [0.2, 0.25) is 0 Å². The van der Waals surface area contributed by atoms with Crippen molar-refractivity contribution in [3.63, 3.8) is 0 Å². The van der Waals surface area contributed by atoms with Crippen LogP contribution in [-0.4, -0.2) is 33.1 Å². The maximum Gasteiger partial charge on any atom is 0.233 e. The Morgan fingerprint density at radius 3 is 3.15 bits per heavy atom. The van der Waals surface area contributed by atoms with Crippen molar-refractivity contribution < 1.29 is 4.79 Å². The summed E-state index contributed by atoms with van der Waals surface area (Å²) >= 11 is 4.78. The molecule has 0 unspecified atom stereocenters. The van der Waals surface area contributed by atoms with E-state index in [9.17, 15) is 4.79 Å². The lowest BCUT2D eigenvalue weighted by molar-refractivity contribution is -0.129. The van der Waals surface area contributed by atoms with Gasteiger partial charge in [0.15, 0.2) is 4.34 Å². The van der Waals surface area contributed by atoms with Crippen LogP contribution in [0.5, 0.6) is 0 Å². The predicted molar refractivity (Wildman–Crippen MR) is 83.4 cm³/mol. The summed E-state index contributed by atoms with van der Waals surface area (Å²) in [5.41, 5.74) is 1.02. The quantitative estimate of drug-likeness (QED) is 0.809. The van der Waals surface area contributed by atoms with Gasteiger partial charge in [0.1, 0.15) is 5.01 Å². The van der Waals surface area contributed by atoms with Crippen LogP contribution >= 0.6 is 34.4 Å². The summed E-state index contributed by atoms with van der Waals surface area (Å²) in [6.07, 6.45) is 3.91. The van der Waals surface area contributed by atoms with Crippen LogP contribution in [0, 0.1) is 6.92 Å². The molecule has 2 aromatic rings. The summed E-state index contributed by atoms with van der Waals surface area (Å²) in [6.45, 7) is 2.82. The smallest absolute Gasteiger partial charge is 0.233 e. The van der Waals surface area contributed by atoms with E-state index in [1.54, 1.807) is 22.7 Å². The largest absolute Gasteiger partial charge is 0.332 e. The SMILES string of the molecule is Cc1csc(SCC(=O)N2CCC[C@H]2c2nccs2)n1. The fourth-order valence-electron chi connectivity index (χ4n) is 2.33. The van der Waals surface area contributed by atoms with E-state index in [0.717, 1.165) is 34.4 Å². The molecule has 1 amide bonds. The van der Waals surface area contributed by atoms with E-state index < -0.39 is 0 Å². The third-order valence-corrected chi connectivity index (χ3v) is 6.23. The molecule has 0 N–H and O–H groups in total. The van der Waals surface area contributed by atoms with Crippen molar-refractivity contribution in [1.82, 2.24) is 14.9 Å². The molecule has 1 aliphatic rings. The van der Waals surface area contributed by atoms with Crippen LogP contribution in [0.4, 0.5) is 0 Å². The molecular weight excluding hydrogens is 310 g/mol. The minimum absolute atomic E-state index is 0.182. The molecule has 2 aromatic heterocycles.